The Labute approximate surface area is 143 Å². The molecule has 0 aromatic heterocycles. The molecule has 2 nitrogen and oxygen atoms in total. The van der Waals surface area contributed by atoms with Crippen molar-refractivity contribution in [3.05, 3.63) is 70.0 Å². The van der Waals surface area contributed by atoms with Crippen molar-refractivity contribution in [2.24, 2.45) is 0 Å². The SMILES string of the molecule is CC1(C)CNC(c2ccccc2C(F)(F)F)c2cc(CO)c(F)cc21. The highest BCUT2D eigenvalue weighted by atomic mass is 19.4. The molecule has 2 aromatic carbocycles. The molecule has 0 spiro atoms. The zero-order valence-electron chi connectivity index (χ0n) is 13.9. The minimum Gasteiger partial charge on any atom is -0.392 e. The highest BCUT2D eigenvalue weighted by Crippen LogP contribution is 2.42. The van der Waals surface area contributed by atoms with E-state index >= 15 is 0 Å². The first kappa shape index (κ1) is 17.9. The Hall–Kier alpha value is -1.92. The first-order valence-corrected chi connectivity index (χ1v) is 7.98. The summed E-state index contributed by atoms with van der Waals surface area (Å²) in [4.78, 5) is 0. The first-order valence-electron chi connectivity index (χ1n) is 7.98. The standard InChI is InChI=1S/C19H19F4NO/c1-18(2)10-24-17(12-5-3-4-6-14(12)19(21,22)23)13-7-11(9-25)16(20)8-15(13)18/h3-8,17,24-25H,9-10H2,1-2H3. The van der Waals surface area contributed by atoms with Crippen LogP contribution in [0, 0.1) is 5.82 Å². The van der Waals surface area contributed by atoms with Crippen LogP contribution >= 0.6 is 0 Å². The van der Waals surface area contributed by atoms with E-state index in [4.69, 9.17) is 0 Å². The minimum atomic E-state index is -4.48. The van der Waals surface area contributed by atoms with Gasteiger partial charge in [-0.2, -0.15) is 13.2 Å². The van der Waals surface area contributed by atoms with Gasteiger partial charge in [0.05, 0.1) is 18.2 Å². The fourth-order valence-corrected chi connectivity index (χ4v) is 3.43. The lowest BCUT2D eigenvalue weighted by Crippen LogP contribution is -2.43. The fraction of sp³-hybridized carbons (Fsp3) is 0.368. The molecule has 2 aromatic rings. The lowest BCUT2D eigenvalue weighted by Gasteiger charge is -2.39. The molecule has 1 heterocycles. The maximum atomic E-state index is 14.2. The number of halogens is 4. The van der Waals surface area contributed by atoms with Crippen LogP contribution in [0.2, 0.25) is 0 Å². The van der Waals surface area contributed by atoms with Gasteiger partial charge >= 0.3 is 6.18 Å². The number of aliphatic hydroxyl groups excluding tert-OH is 1. The maximum Gasteiger partial charge on any atom is 0.416 e. The second kappa shape index (κ2) is 6.11. The Morgan fingerprint density at radius 1 is 1.16 bits per heavy atom. The van der Waals surface area contributed by atoms with E-state index in [1.807, 2.05) is 13.8 Å². The van der Waals surface area contributed by atoms with Crippen molar-refractivity contribution in [2.45, 2.75) is 38.1 Å². The summed E-state index contributed by atoms with van der Waals surface area (Å²) in [6.45, 7) is 3.72. The number of benzene rings is 2. The van der Waals surface area contributed by atoms with Gasteiger partial charge in [0.2, 0.25) is 0 Å². The number of alkyl halides is 3. The Morgan fingerprint density at radius 3 is 2.48 bits per heavy atom. The van der Waals surface area contributed by atoms with Crippen LogP contribution in [-0.2, 0) is 18.2 Å². The molecule has 25 heavy (non-hydrogen) atoms. The number of hydrogen-bond acceptors (Lipinski definition) is 2. The van der Waals surface area contributed by atoms with Gasteiger partial charge in [0.25, 0.3) is 0 Å². The Kier molecular flexibility index (Phi) is 4.37. The van der Waals surface area contributed by atoms with Crippen molar-refractivity contribution in [3.63, 3.8) is 0 Å². The summed E-state index contributed by atoms with van der Waals surface area (Å²) in [5, 5.41) is 12.5. The third-order valence-corrected chi connectivity index (χ3v) is 4.75. The monoisotopic (exact) mass is 353 g/mol. The highest BCUT2D eigenvalue weighted by molar-refractivity contribution is 5.48. The van der Waals surface area contributed by atoms with E-state index in [9.17, 15) is 22.7 Å². The molecule has 134 valence electrons. The largest absolute Gasteiger partial charge is 0.416 e. The lowest BCUT2D eigenvalue weighted by molar-refractivity contribution is -0.138. The second-order valence-corrected chi connectivity index (χ2v) is 6.97. The summed E-state index contributed by atoms with van der Waals surface area (Å²) in [7, 11) is 0. The number of fused-ring (bicyclic) bond motifs is 1. The quantitative estimate of drug-likeness (QED) is 0.789. The molecule has 0 amide bonds. The van der Waals surface area contributed by atoms with Gasteiger partial charge in [-0.1, -0.05) is 32.0 Å². The van der Waals surface area contributed by atoms with Crippen LogP contribution in [0.15, 0.2) is 36.4 Å². The molecule has 6 heteroatoms. The molecule has 0 saturated carbocycles. The third kappa shape index (κ3) is 3.16. The van der Waals surface area contributed by atoms with Crippen molar-refractivity contribution in [1.29, 1.82) is 0 Å². The molecule has 1 unspecified atom stereocenters. The Morgan fingerprint density at radius 2 is 1.84 bits per heavy atom. The zero-order chi connectivity index (χ0) is 18.4. The minimum absolute atomic E-state index is 0.0766. The zero-order valence-corrected chi connectivity index (χ0v) is 13.9. The number of nitrogens with one attached hydrogen (secondary N) is 1. The normalized spacial score (nSPS) is 19.6. The molecule has 1 atom stereocenters. The molecule has 1 aliphatic rings. The first-order chi connectivity index (χ1) is 11.6. The van der Waals surface area contributed by atoms with Crippen molar-refractivity contribution < 1.29 is 22.7 Å². The predicted molar refractivity (Wildman–Crippen MR) is 86.6 cm³/mol. The molecular formula is C19H19F4NO. The van der Waals surface area contributed by atoms with Crippen LogP contribution in [0.5, 0.6) is 0 Å². The van der Waals surface area contributed by atoms with Gasteiger partial charge in [-0.25, -0.2) is 4.39 Å². The van der Waals surface area contributed by atoms with Gasteiger partial charge in [-0.3, -0.25) is 0 Å². The summed E-state index contributed by atoms with van der Waals surface area (Å²) in [6, 6.07) is 7.48. The summed E-state index contributed by atoms with van der Waals surface area (Å²) in [5.74, 6) is -0.543. The molecule has 3 rings (SSSR count). The topological polar surface area (TPSA) is 32.3 Å². The molecule has 0 bridgehead atoms. The number of rotatable bonds is 2. The van der Waals surface area contributed by atoms with E-state index in [2.05, 4.69) is 5.32 Å². The van der Waals surface area contributed by atoms with Crippen LogP contribution in [-0.4, -0.2) is 11.7 Å². The van der Waals surface area contributed by atoms with Gasteiger partial charge < -0.3 is 10.4 Å². The molecule has 1 aliphatic heterocycles. The van der Waals surface area contributed by atoms with Crippen molar-refractivity contribution in [3.8, 4) is 0 Å². The lowest BCUT2D eigenvalue weighted by atomic mass is 9.74. The van der Waals surface area contributed by atoms with Crippen LogP contribution < -0.4 is 5.32 Å². The number of aliphatic hydroxyl groups is 1. The molecule has 0 saturated heterocycles. The van der Waals surface area contributed by atoms with E-state index in [1.54, 1.807) is 6.07 Å². The smallest absolute Gasteiger partial charge is 0.392 e. The number of hydrogen-bond donors (Lipinski definition) is 2. The average Bonchev–Trinajstić information content (AvgIpc) is 2.54. The molecule has 0 fully saturated rings. The van der Waals surface area contributed by atoms with Crippen molar-refractivity contribution >= 4 is 0 Å². The second-order valence-electron chi connectivity index (χ2n) is 6.97. The van der Waals surface area contributed by atoms with E-state index in [0.717, 1.165) is 6.07 Å². The van der Waals surface area contributed by atoms with Gasteiger partial charge in [0.15, 0.2) is 0 Å². The summed E-state index contributed by atoms with van der Waals surface area (Å²) in [6.07, 6.45) is -4.48. The van der Waals surface area contributed by atoms with Gasteiger partial charge in [-0.05, 0) is 34.9 Å². The van der Waals surface area contributed by atoms with Gasteiger partial charge in [0.1, 0.15) is 5.82 Å². The van der Waals surface area contributed by atoms with Gasteiger partial charge in [0, 0.05) is 17.5 Å². The molecular weight excluding hydrogens is 334 g/mol. The Bertz CT molecular complexity index is 798. The fourth-order valence-electron chi connectivity index (χ4n) is 3.43. The summed E-state index contributed by atoms with van der Waals surface area (Å²) >= 11 is 0. The van der Waals surface area contributed by atoms with Crippen molar-refractivity contribution in [2.75, 3.05) is 6.54 Å². The Balaban J connectivity index is 2.22. The van der Waals surface area contributed by atoms with E-state index < -0.39 is 35.6 Å². The van der Waals surface area contributed by atoms with Crippen molar-refractivity contribution in [1.82, 2.24) is 5.32 Å². The molecule has 0 aliphatic carbocycles. The molecule has 2 N–H and O–H groups in total. The summed E-state index contributed by atoms with van der Waals surface area (Å²) < 4.78 is 54.4. The summed E-state index contributed by atoms with van der Waals surface area (Å²) in [5.41, 5.74) is 0.248. The van der Waals surface area contributed by atoms with Crippen LogP contribution in [0.1, 0.15) is 47.7 Å². The van der Waals surface area contributed by atoms with E-state index in [0.29, 0.717) is 17.7 Å². The van der Waals surface area contributed by atoms with Crippen LogP contribution in [0.25, 0.3) is 0 Å². The van der Waals surface area contributed by atoms with E-state index in [1.165, 1.54) is 24.3 Å². The third-order valence-electron chi connectivity index (χ3n) is 4.75. The average molecular weight is 353 g/mol. The van der Waals surface area contributed by atoms with E-state index in [-0.39, 0.29) is 11.1 Å². The molecule has 0 radical (unpaired) electrons. The van der Waals surface area contributed by atoms with Crippen LogP contribution in [0.3, 0.4) is 0 Å². The van der Waals surface area contributed by atoms with Crippen LogP contribution in [0.4, 0.5) is 17.6 Å². The predicted octanol–water partition coefficient (Wildman–Crippen LogP) is 4.31. The van der Waals surface area contributed by atoms with Gasteiger partial charge in [-0.15, -0.1) is 0 Å². The highest BCUT2D eigenvalue weighted by Gasteiger charge is 2.39. The maximum absolute atomic E-state index is 14.2.